The van der Waals surface area contributed by atoms with Gasteiger partial charge in [-0.25, -0.2) is 4.79 Å². The normalized spacial score (nSPS) is 39.9. The van der Waals surface area contributed by atoms with E-state index in [1.165, 1.54) is 0 Å². The Balaban J connectivity index is 2.00. The highest BCUT2D eigenvalue weighted by molar-refractivity contribution is 5.88. The molecular formula is C21H32O6. The Morgan fingerprint density at radius 1 is 1.33 bits per heavy atom. The number of rotatable bonds is 5. The SMILES string of the molecule is CCCCCC(=O)O[C@@H]1C=C2COC(=O)[C@]2(O)[C@]2(C)[C@H](O)CCC(C)(C)[C@H]12. The van der Waals surface area contributed by atoms with Gasteiger partial charge in [-0.3, -0.25) is 4.79 Å². The van der Waals surface area contributed by atoms with Crippen molar-refractivity contribution >= 4 is 11.9 Å². The molecule has 0 amide bonds. The summed E-state index contributed by atoms with van der Waals surface area (Å²) in [6, 6.07) is 0. The first-order valence-corrected chi connectivity index (χ1v) is 10.1. The molecule has 1 aliphatic heterocycles. The van der Waals surface area contributed by atoms with Crippen LogP contribution in [-0.2, 0) is 19.1 Å². The van der Waals surface area contributed by atoms with Gasteiger partial charge in [0.05, 0.1) is 6.10 Å². The van der Waals surface area contributed by atoms with Crippen LogP contribution in [0.3, 0.4) is 0 Å². The number of esters is 2. The largest absolute Gasteiger partial charge is 0.459 e. The lowest BCUT2D eigenvalue weighted by atomic mass is 9.45. The number of aliphatic hydroxyl groups excluding tert-OH is 1. The van der Waals surface area contributed by atoms with E-state index >= 15 is 0 Å². The summed E-state index contributed by atoms with van der Waals surface area (Å²) in [6.45, 7) is 7.87. The van der Waals surface area contributed by atoms with Crippen molar-refractivity contribution in [1.29, 1.82) is 0 Å². The maximum absolute atomic E-state index is 12.5. The van der Waals surface area contributed by atoms with E-state index in [0.717, 1.165) is 19.3 Å². The molecule has 0 unspecified atom stereocenters. The molecule has 1 heterocycles. The second-order valence-electron chi connectivity index (χ2n) is 9.19. The first-order valence-electron chi connectivity index (χ1n) is 10.1. The standard InChI is InChI=1S/C21H32O6/c1-5-6-7-8-16(23)27-14-11-13-12-26-18(24)21(13,25)20(4)15(22)9-10-19(2,3)17(14)20/h11,14-15,17,22,25H,5-10,12H2,1-4H3/t14-,15-,17+,20-,21+/m1/s1. The fraction of sp³-hybridized carbons (Fsp3) is 0.810. The van der Waals surface area contributed by atoms with E-state index in [2.05, 4.69) is 6.92 Å². The van der Waals surface area contributed by atoms with Gasteiger partial charge in [0.15, 0.2) is 5.60 Å². The summed E-state index contributed by atoms with van der Waals surface area (Å²) in [4.78, 5) is 24.9. The summed E-state index contributed by atoms with van der Waals surface area (Å²) in [6.07, 6.45) is 4.50. The second kappa shape index (κ2) is 6.89. The number of hydrogen-bond donors (Lipinski definition) is 2. The third-order valence-corrected chi connectivity index (χ3v) is 7.09. The lowest BCUT2D eigenvalue weighted by Gasteiger charge is -2.60. The molecule has 0 aromatic rings. The van der Waals surface area contributed by atoms with Gasteiger partial charge >= 0.3 is 11.9 Å². The fourth-order valence-corrected chi connectivity index (χ4v) is 5.58. The second-order valence-corrected chi connectivity index (χ2v) is 9.19. The molecule has 5 atom stereocenters. The van der Waals surface area contributed by atoms with Crippen LogP contribution in [-0.4, -0.2) is 46.6 Å². The van der Waals surface area contributed by atoms with Gasteiger partial charge in [0, 0.05) is 23.3 Å². The molecule has 0 spiro atoms. The molecule has 6 nitrogen and oxygen atoms in total. The molecule has 2 aliphatic carbocycles. The Kier molecular flexibility index (Phi) is 5.19. The van der Waals surface area contributed by atoms with Gasteiger partial charge in [-0.1, -0.05) is 40.5 Å². The lowest BCUT2D eigenvalue weighted by Crippen LogP contribution is -2.69. The van der Waals surface area contributed by atoms with Crippen molar-refractivity contribution < 1.29 is 29.3 Å². The minimum absolute atomic E-state index is 0.0331. The zero-order chi connectivity index (χ0) is 20.0. The number of aliphatic hydroxyl groups is 2. The molecule has 1 saturated carbocycles. The van der Waals surface area contributed by atoms with Crippen molar-refractivity contribution in [3.63, 3.8) is 0 Å². The molecule has 3 rings (SSSR count). The molecule has 1 saturated heterocycles. The van der Waals surface area contributed by atoms with Crippen LogP contribution in [0.25, 0.3) is 0 Å². The summed E-state index contributed by atoms with van der Waals surface area (Å²) in [5.74, 6) is -1.40. The van der Waals surface area contributed by atoms with Crippen molar-refractivity contribution in [2.45, 2.75) is 84.0 Å². The molecule has 0 radical (unpaired) electrons. The quantitative estimate of drug-likeness (QED) is 0.432. The van der Waals surface area contributed by atoms with E-state index in [1.807, 2.05) is 13.8 Å². The number of cyclic esters (lactones) is 1. The van der Waals surface area contributed by atoms with Gasteiger partial charge in [-0.2, -0.15) is 0 Å². The van der Waals surface area contributed by atoms with Gasteiger partial charge in [-0.15, -0.1) is 0 Å². The molecule has 0 aromatic heterocycles. The zero-order valence-corrected chi connectivity index (χ0v) is 16.8. The van der Waals surface area contributed by atoms with Gasteiger partial charge in [0.2, 0.25) is 0 Å². The number of carbonyl (C=O) groups excluding carboxylic acids is 2. The van der Waals surface area contributed by atoms with Crippen molar-refractivity contribution in [3.05, 3.63) is 11.6 Å². The van der Waals surface area contributed by atoms with Crippen LogP contribution in [0.4, 0.5) is 0 Å². The summed E-state index contributed by atoms with van der Waals surface area (Å²) in [5, 5.41) is 22.3. The van der Waals surface area contributed by atoms with Gasteiger partial charge < -0.3 is 19.7 Å². The molecule has 6 heteroatoms. The maximum Gasteiger partial charge on any atom is 0.343 e. The molecule has 0 bridgehead atoms. The molecular weight excluding hydrogens is 348 g/mol. The smallest absolute Gasteiger partial charge is 0.343 e. The highest BCUT2D eigenvalue weighted by Crippen LogP contribution is 2.63. The van der Waals surface area contributed by atoms with Crippen molar-refractivity contribution in [2.75, 3.05) is 6.61 Å². The highest BCUT2D eigenvalue weighted by Gasteiger charge is 2.72. The third-order valence-electron chi connectivity index (χ3n) is 7.09. The van der Waals surface area contributed by atoms with E-state index in [1.54, 1.807) is 13.0 Å². The Morgan fingerprint density at radius 3 is 2.70 bits per heavy atom. The average molecular weight is 380 g/mol. The van der Waals surface area contributed by atoms with Crippen molar-refractivity contribution in [3.8, 4) is 0 Å². The van der Waals surface area contributed by atoms with E-state index in [0.29, 0.717) is 24.8 Å². The molecule has 2 fully saturated rings. The molecule has 27 heavy (non-hydrogen) atoms. The van der Waals surface area contributed by atoms with Crippen LogP contribution in [0.2, 0.25) is 0 Å². The van der Waals surface area contributed by atoms with E-state index < -0.39 is 35.1 Å². The topological polar surface area (TPSA) is 93.1 Å². The Labute approximate surface area is 160 Å². The first-order chi connectivity index (χ1) is 12.6. The van der Waals surface area contributed by atoms with E-state index in [-0.39, 0.29) is 18.0 Å². The fourth-order valence-electron chi connectivity index (χ4n) is 5.58. The van der Waals surface area contributed by atoms with Gasteiger partial charge in [0.25, 0.3) is 0 Å². The van der Waals surface area contributed by atoms with E-state index in [4.69, 9.17) is 9.47 Å². The van der Waals surface area contributed by atoms with Gasteiger partial charge in [-0.05, 0) is 30.8 Å². The van der Waals surface area contributed by atoms with Crippen molar-refractivity contribution in [2.24, 2.45) is 16.7 Å². The Hall–Kier alpha value is -1.40. The minimum atomic E-state index is -1.88. The summed E-state index contributed by atoms with van der Waals surface area (Å²) in [7, 11) is 0. The van der Waals surface area contributed by atoms with Crippen LogP contribution in [0.1, 0.15) is 66.2 Å². The maximum atomic E-state index is 12.5. The van der Waals surface area contributed by atoms with Crippen LogP contribution in [0.5, 0.6) is 0 Å². The third kappa shape index (κ3) is 2.92. The average Bonchev–Trinajstić information content (AvgIpc) is 2.88. The number of fused-ring (bicyclic) bond motifs is 3. The molecule has 0 aromatic carbocycles. The Bertz CT molecular complexity index is 653. The number of hydrogen-bond acceptors (Lipinski definition) is 6. The zero-order valence-electron chi connectivity index (χ0n) is 16.8. The monoisotopic (exact) mass is 380 g/mol. The van der Waals surface area contributed by atoms with Crippen molar-refractivity contribution in [1.82, 2.24) is 0 Å². The summed E-state index contributed by atoms with van der Waals surface area (Å²) < 4.78 is 11.0. The van der Waals surface area contributed by atoms with E-state index in [9.17, 15) is 19.8 Å². The highest BCUT2D eigenvalue weighted by atomic mass is 16.6. The predicted octanol–water partition coefficient (Wildman–Crippen LogP) is 2.51. The minimum Gasteiger partial charge on any atom is -0.459 e. The lowest BCUT2D eigenvalue weighted by molar-refractivity contribution is -0.225. The van der Waals surface area contributed by atoms with Gasteiger partial charge in [0.1, 0.15) is 12.7 Å². The van der Waals surface area contributed by atoms with Crippen LogP contribution < -0.4 is 0 Å². The summed E-state index contributed by atoms with van der Waals surface area (Å²) in [5.41, 5.74) is -2.99. The molecule has 152 valence electrons. The van der Waals surface area contributed by atoms with Crippen LogP contribution in [0.15, 0.2) is 11.6 Å². The summed E-state index contributed by atoms with van der Waals surface area (Å²) >= 11 is 0. The van der Waals surface area contributed by atoms with Crippen LogP contribution >= 0.6 is 0 Å². The number of ether oxygens (including phenoxy) is 2. The van der Waals surface area contributed by atoms with Crippen LogP contribution in [0, 0.1) is 16.7 Å². The number of carbonyl (C=O) groups is 2. The predicted molar refractivity (Wildman–Crippen MR) is 98.6 cm³/mol. The Morgan fingerprint density at radius 2 is 2.04 bits per heavy atom. The molecule has 3 aliphatic rings. The molecule has 2 N–H and O–H groups in total. The number of unbranched alkanes of at least 4 members (excludes halogenated alkanes) is 2. The first kappa shape index (κ1) is 20.3.